The summed E-state index contributed by atoms with van der Waals surface area (Å²) in [5.41, 5.74) is 2.02. The number of fused-ring (bicyclic) bond motifs is 1. The van der Waals surface area contributed by atoms with Crippen molar-refractivity contribution >= 4 is 23.4 Å². The Kier molecular flexibility index (Phi) is 6.23. The van der Waals surface area contributed by atoms with Crippen LogP contribution in [0.2, 0.25) is 0 Å². The monoisotopic (exact) mass is 503 g/mol. The zero-order chi connectivity index (χ0) is 25.4. The van der Waals surface area contributed by atoms with E-state index in [4.69, 9.17) is 4.74 Å². The van der Waals surface area contributed by atoms with Crippen molar-refractivity contribution in [3.8, 4) is 11.5 Å². The minimum absolute atomic E-state index is 0.190. The second-order valence-electron chi connectivity index (χ2n) is 9.14. The van der Waals surface area contributed by atoms with Crippen molar-refractivity contribution in [3.63, 3.8) is 0 Å². The zero-order valence-electron chi connectivity index (χ0n) is 19.2. The van der Waals surface area contributed by atoms with Crippen LogP contribution in [0.3, 0.4) is 0 Å². The van der Waals surface area contributed by atoms with Gasteiger partial charge in [-0.25, -0.2) is 0 Å². The molecule has 2 fully saturated rings. The van der Waals surface area contributed by atoms with E-state index in [1.165, 1.54) is 17.0 Å². The van der Waals surface area contributed by atoms with Crippen LogP contribution >= 0.6 is 0 Å². The molecule has 0 aromatic heterocycles. The predicted octanol–water partition coefficient (Wildman–Crippen LogP) is 3.25. The average molecular weight is 503 g/mol. The highest BCUT2D eigenvalue weighted by Gasteiger charge is 2.40. The Bertz CT molecular complexity index is 1180. The highest BCUT2D eigenvalue weighted by atomic mass is 19.4. The third-order valence-corrected chi connectivity index (χ3v) is 6.73. The van der Waals surface area contributed by atoms with Crippen LogP contribution in [-0.4, -0.2) is 54.7 Å². The molecule has 3 amide bonds. The fourth-order valence-electron chi connectivity index (χ4n) is 4.96. The Balaban J connectivity index is 1.19. The molecule has 0 aliphatic carbocycles. The van der Waals surface area contributed by atoms with E-state index < -0.39 is 18.3 Å². The molecule has 2 saturated heterocycles. The number of amides is 3. The van der Waals surface area contributed by atoms with Gasteiger partial charge in [-0.2, -0.15) is 0 Å². The lowest BCUT2D eigenvalue weighted by Gasteiger charge is -2.29. The number of ether oxygens (including phenoxy) is 2. The number of nitrogens with one attached hydrogen (secondary N) is 1. The lowest BCUT2D eigenvalue weighted by Crippen LogP contribution is -2.52. The van der Waals surface area contributed by atoms with Crippen molar-refractivity contribution in [1.82, 2.24) is 10.2 Å². The van der Waals surface area contributed by atoms with Crippen LogP contribution in [0.15, 0.2) is 42.5 Å². The Morgan fingerprint density at radius 1 is 1.03 bits per heavy atom. The van der Waals surface area contributed by atoms with Gasteiger partial charge in [0, 0.05) is 42.2 Å². The Morgan fingerprint density at radius 3 is 2.53 bits per heavy atom. The second-order valence-corrected chi connectivity index (χ2v) is 9.14. The molecule has 0 saturated carbocycles. The van der Waals surface area contributed by atoms with E-state index >= 15 is 0 Å². The molecule has 2 aromatic carbocycles. The van der Waals surface area contributed by atoms with Crippen LogP contribution in [0.1, 0.15) is 35.2 Å². The molecule has 3 heterocycles. The van der Waals surface area contributed by atoms with Crippen LogP contribution in [0.4, 0.5) is 18.9 Å². The van der Waals surface area contributed by atoms with E-state index in [-0.39, 0.29) is 36.4 Å². The Morgan fingerprint density at radius 2 is 1.81 bits per heavy atom. The molecule has 0 radical (unpaired) electrons. The van der Waals surface area contributed by atoms with E-state index in [1.807, 2.05) is 0 Å². The van der Waals surface area contributed by atoms with Crippen LogP contribution in [0, 0.1) is 5.92 Å². The molecular formula is C25H24F3N3O5. The van der Waals surface area contributed by atoms with Crippen LogP contribution in [-0.2, 0) is 16.1 Å². The molecule has 2 aromatic rings. The second kappa shape index (κ2) is 9.36. The maximum atomic E-state index is 13.0. The Labute approximate surface area is 204 Å². The van der Waals surface area contributed by atoms with Crippen molar-refractivity contribution in [2.45, 2.75) is 38.2 Å². The van der Waals surface area contributed by atoms with Gasteiger partial charge in [-0.3, -0.25) is 19.7 Å². The summed E-state index contributed by atoms with van der Waals surface area (Å²) < 4.78 is 47.2. The third-order valence-electron chi connectivity index (χ3n) is 6.73. The molecule has 3 aliphatic heterocycles. The summed E-state index contributed by atoms with van der Waals surface area (Å²) in [4.78, 5) is 40.3. The topological polar surface area (TPSA) is 88.2 Å². The van der Waals surface area contributed by atoms with Gasteiger partial charge in [-0.1, -0.05) is 6.07 Å². The van der Waals surface area contributed by atoms with Crippen LogP contribution in [0.25, 0.3) is 0 Å². The first-order chi connectivity index (χ1) is 17.2. The normalized spacial score (nSPS) is 22.0. The smallest absolute Gasteiger partial charge is 0.493 e. The SMILES string of the molecule is O=C1CCC(N2Cc3c(OC[C@@H]4CCN(c5ccc(OC(F)(F)F)cc5)C4)cccc3C2=O)C(=O)N1. The fourth-order valence-corrected chi connectivity index (χ4v) is 4.96. The highest BCUT2D eigenvalue weighted by Crippen LogP contribution is 2.34. The lowest BCUT2D eigenvalue weighted by atomic mass is 10.0. The summed E-state index contributed by atoms with van der Waals surface area (Å²) in [5, 5.41) is 2.30. The molecule has 190 valence electrons. The van der Waals surface area contributed by atoms with E-state index in [2.05, 4.69) is 15.0 Å². The lowest BCUT2D eigenvalue weighted by molar-refractivity contribution is -0.274. The van der Waals surface area contributed by atoms with Gasteiger partial charge in [0.25, 0.3) is 5.91 Å². The number of piperidine rings is 1. The maximum absolute atomic E-state index is 13.0. The number of carbonyl (C=O) groups is 3. The van der Waals surface area contributed by atoms with Crippen molar-refractivity contribution in [1.29, 1.82) is 0 Å². The largest absolute Gasteiger partial charge is 0.573 e. The van der Waals surface area contributed by atoms with E-state index in [0.717, 1.165) is 24.2 Å². The fraction of sp³-hybridized carbons (Fsp3) is 0.400. The van der Waals surface area contributed by atoms with Crippen molar-refractivity contribution in [2.24, 2.45) is 5.92 Å². The molecule has 8 nitrogen and oxygen atoms in total. The summed E-state index contributed by atoms with van der Waals surface area (Å²) in [6, 6.07) is 10.4. The van der Waals surface area contributed by atoms with E-state index in [0.29, 0.717) is 30.9 Å². The minimum Gasteiger partial charge on any atom is -0.493 e. The highest BCUT2D eigenvalue weighted by molar-refractivity contribution is 6.05. The quantitative estimate of drug-likeness (QED) is 0.609. The first-order valence-electron chi connectivity index (χ1n) is 11.7. The molecule has 0 spiro atoms. The van der Waals surface area contributed by atoms with E-state index in [1.54, 1.807) is 30.3 Å². The van der Waals surface area contributed by atoms with Gasteiger partial charge < -0.3 is 19.3 Å². The van der Waals surface area contributed by atoms with Crippen molar-refractivity contribution in [3.05, 3.63) is 53.6 Å². The first kappa shape index (κ1) is 24.0. The van der Waals surface area contributed by atoms with Crippen molar-refractivity contribution in [2.75, 3.05) is 24.6 Å². The molecule has 3 aliphatic rings. The Hall–Kier alpha value is -3.76. The number of carbonyl (C=O) groups excluding carboxylic acids is 3. The number of halogens is 3. The number of hydrogen-bond donors (Lipinski definition) is 1. The first-order valence-corrected chi connectivity index (χ1v) is 11.7. The molecule has 1 N–H and O–H groups in total. The van der Waals surface area contributed by atoms with Gasteiger partial charge in [0.05, 0.1) is 13.2 Å². The number of imide groups is 1. The molecule has 2 atom stereocenters. The number of alkyl halides is 3. The summed E-state index contributed by atoms with van der Waals surface area (Å²) in [7, 11) is 0. The van der Waals surface area contributed by atoms with Gasteiger partial charge in [0.15, 0.2) is 0 Å². The van der Waals surface area contributed by atoms with Crippen LogP contribution < -0.4 is 19.7 Å². The van der Waals surface area contributed by atoms with E-state index in [9.17, 15) is 27.6 Å². The standard InChI is InChI=1S/C25H24F3N3O5/c26-25(27,28)36-17-6-4-16(5-7-17)30-11-10-15(12-30)14-35-21-3-1-2-18-19(21)13-31(24(18)34)20-8-9-22(32)29-23(20)33/h1-7,15,20H,8-14H2,(H,29,32,33)/t15-,20?/m1/s1. The molecule has 36 heavy (non-hydrogen) atoms. The summed E-state index contributed by atoms with van der Waals surface area (Å²) in [5.74, 6) is -0.531. The van der Waals surface area contributed by atoms with Crippen molar-refractivity contribution < 1.29 is 37.0 Å². The molecule has 0 bridgehead atoms. The van der Waals surface area contributed by atoms with Gasteiger partial charge in [-0.15, -0.1) is 13.2 Å². The number of anilines is 1. The maximum Gasteiger partial charge on any atom is 0.573 e. The number of nitrogens with zero attached hydrogens (tertiary/aromatic N) is 2. The zero-order valence-corrected chi connectivity index (χ0v) is 19.2. The predicted molar refractivity (Wildman–Crippen MR) is 121 cm³/mol. The number of hydrogen-bond acceptors (Lipinski definition) is 6. The number of rotatable bonds is 6. The van der Waals surface area contributed by atoms with Gasteiger partial charge in [0.1, 0.15) is 17.5 Å². The summed E-state index contributed by atoms with van der Waals surface area (Å²) in [6.07, 6.45) is -3.40. The summed E-state index contributed by atoms with van der Waals surface area (Å²) >= 11 is 0. The molecule has 1 unspecified atom stereocenters. The minimum atomic E-state index is -4.72. The van der Waals surface area contributed by atoms with Gasteiger partial charge in [0.2, 0.25) is 11.8 Å². The number of benzene rings is 2. The average Bonchev–Trinajstić information content (AvgIpc) is 3.43. The molecule has 5 rings (SSSR count). The van der Waals surface area contributed by atoms with Gasteiger partial charge >= 0.3 is 6.36 Å². The van der Waals surface area contributed by atoms with Gasteiger partial charge in [-0.05, 0) is 49.2 Å². The summed E-state index contributed by atoms with van der Waals surface area (Å²) in [6.45, 7) is 2.06. The molecular weight excluding hydrogens is 479 g/mol. The molecule has 11 heteroatoms. The third kappa shape index (κ3) is 4.95. The van der Waals surface area contributed by atoms with Crippen LogP contribution in [0.5, 0.6) is 11.5 Å².